The van der Waals surface area contributed by atoms with Gasteiger partial charge in [0.25, 0.3) is 0 Å². The van der Waals surface area contributed by atoms with Crippen molar-refractivity contribution in [2.45, 2.75) is 13.5 Å². The van der Waals surface area contributed by atoms with E-state index in [1.165, 1.54) is 6.07 Å². The first-order chi connectivity index (χ1) is 13.5. The summed E-state index contributed by atoms with van der Waals surface area (Å²) >= 11 is 9.45. The number of pyridine rings is 1. The maximum absolute atomic E-state index is 11.6. The van der Waals surface area contributed by atoms with Gasteiger partial charge in [0.2, 0.25) is 0 Å². The largest absolute Gasteiger partial charge is 0.493 e. The minimum Gasteiger partial charge on any atom is -0.493 e. The second-order valence-electron chi connectivity index (χ2n) is 5.82. The third-order valence-corrected chi connectivity index (χ3v) is 4.62. The molecule has 1 aromatic heterocycles. The van der Waals surface area contributed by atoms with Gasteiger partial charge in [-0.05, 0) is 55.5 Å². The molecule has 0 amide bonds. The molecular formula is C21H17BrClNO4. The lowest BCUT2D eigenvalue weighted by molar-refractivity contribution is 0.0693. The maximum Gasteiger partial charge on any atom is 0.337 e. The predicted octanol–water partition coefficient (Wildman–Crippen LogP) is 5.84. The van der Waals surface area contributed by atoms with Gasteiger partial charge in [-0.3, -0.25) is 0 Å². The summed E-state index contributed by atoms with van der Waals surface area (Å²) in [4.78, 5) is 16.1. The molecule has 0 spiro atoms. The van der Waals surface area contributed by atoms with Crippen molar-refractivity contribution >= 4 is 33.5 Å². The van der Waals surface area contributed by atoms with Gasteiger partial charge in [0.1, 0.15) is 18.1 Å². The monoisotopic (exact) mass is 461 g/mol. The zero-order chi connectivity index (χ0) is 20.1. The first kappa shape index (κ1) is 20.2. The van der Waals surface area contributed by atoms with Gasteiger partial charge in [-0.2, -0.15) is 0 Å². The summed E-state index contributed by atoms with van der Waals surface area (Å²) < 4.78 is 12.3. The van der Waals surface area contributed by atoms with Crippen LogP contribution in [0.3, 0.4) is 0 Å². The van der Waals surface area contributed by atoms with Crippen LogP contribution in [0.4, 0.5) is 0 Å². The molecule has 1 N–H and O–H groups in total. The van der Waals surface area contributed by atoms with Gasteiger partial charge in [0.05, 0.1) is 23.6 Å². The fourth-order valence-corrected chi connectivity index (χ4v) is 3.19. The minimum atomic E-state index is -1.06. The van der Waals surface area contributed by atoms with Crippen molar-refractivity contribution in [1.29, 1.82) is 0 Å². The number of carboxylic acids is 1. The summed E-state index contributed by atoms with van der Waals surface area (Å²) in [5.41, 5.74) is 1.72. The number of aromatic carboxylic acids is 1. The highest BCUT2D eigenvalue weighted by atomic mass is 79.9. The molecule has 0 unspecified atom stereocenters. The van der Waals surface area contributed by atoms with Crippen molar-refractivity contribution in [3.05, 3.63) is 75.4 Å². The van der Waals surface area contributed by atoms with Gasteiger partial charge >= 0.3 is 5.97 Å². The molecule has 0 saturated heterocycles. The average molecular weight is 463 g/mol. The van der Waals surface area contributed by atoms with Crippen molar-refractivity contribution in [1.82, 2.24) is 4.98 Å². The zero-order valence-electron chi connectivity index (χ0n) is 15.0. The molecule has 0 atom stereocenters. The van der Waals surface area contributed by atoms with Crippen LogP contribution in [0.25, 0.3) is 11.3 Å². The van der Waals surface area contributed by atoms with Crippen LogP contribution in [-0.4, -0.2) is 22.7 Å². The average Bonchev–Trinajstić information content (AvgIpc) is 2.66. The van der Waals surface area contributed by atoms with Gasteiger partial charge in [-0.15, -0.1) is 0 Å². The summed E-state index contributed by atoms with van der Waals surface area (Å²) in [5.74, 6) is 0.136. The molecule has 144 valence electrons. The molecule has 2 aromatic carbocycles. The number of ether oxygens (including phenoxy) is 2. The van der Waals surface area contributed by atoms with Crippen LogP contribution in [-0.2, 0) is 6.61 Å². The second kappa shape index (κ2) is 9.08. The van der Waals surface area contributed by atoms with Crippen molar-refractivity contribution < 1.29 is 19.4 Å². The van der Waals surface area contributed by atoms with Crippen LogP contribution in [0.1, 0.15) is 23.0 Å². The predicted molar refractivity (Wildman–Crippen MR) is 111 cm³/mol. The normalized spacial score (nSPS) is 10.5. The van der Waals surface area contributed by atoms with Gasteiger partial charge in [-0.1, -0.05) is 33.6 Å². The van der Waals surface area contributed by atoms with Gasteiger partial charge in [-0.25, -0.2) is 9.78 Å². The van der Waals surface area contributed by atoms with E-state index in [0.29, 0.717) is 34.5 Å². The van der Waals surface area contributed by atoms with E-state index in [1.54, 1.807) is 36.4 Å². The summed E-state index contributed by atoms with van der Waals surface area (Å²) in [6.07, 6.45) is 0. The molecule has 7 heteroatoms. The Kier molecular flexibility index (Phi) is 6.54. The number of benzene rings is 2. The Morgan fingerprint density at radius 2 is 1.96 bits per heavy atom. The van der Waals surface area contributed by atoms with E-state index in [-0.39, 0.29) is 12.2 Å². The number of aromatic nitrogens is 1. The summed E-state index contributed by atoms with van der Waals surface area (Å²) in [6, 6.07) is 15.7. The number of halogens is 2. The summed E-state index contributed by atoms with van der Waals surface area (Å²) in [6.45, 7) is 2.37. The topological polar surface area (TPSA) is 68.7 Å². The third kappa shape index (κ3) is 4.82. The van der Waals surface area contributed by atoms with E-state index < -0.39 is 5.97 Å². The van der Waals surface area contributed by atoms with Crippen LogP contribution in [0, 0.1) is 0 Å². The van der Waals surface area contributed by atoms with E-state index in [4.69, 9.17) is 21.1 Å². The maximum atomic E-state index is 11.6. The number of rotatable bonds is 7. The van der Waals surface area contributed by atoms with E-state index in [9.17, 15) is 9.90 Å². The molecular weight excluding hydrogens is 446 g/mol. The Bertz CT molecular complexity index is 1010. The van der Waals surface area contributed by atoms with Crippen LogP contribution < -0.4 is 9.47 Å². The lowest BCUT2D eigenvalue weighted by Gasteiger charge is -2.13. The number of nitrogens with zero attached hydrogens (tertiary/aromatic N) is 1. The highest BCUT2D eigenvalue weighted by Gasteiger charge is 2.16. The molecule has 3 aromatic rings. The minimum absolute atomic E-state index is 0.0173. The molecule has 0 bridgehead atoms. The Hall–Kier alpha value is -2.57. The number of hydrogen-bond acceptors (Lipinski definition) is 4. The Morgan fingerprint density at radius 3 is 2.68 bits per heavy atom. The molecule has 1 heterocycles. The highest BCUT2D eigenvalue weighted by molar-refractivity contribution is 9.10. The van der Waals surface area contributed by atoms with Crippen molar-refractivity contribution in [2.24, 2.45) is 0 Å². The van der Waals surface area contributed by atoms with E-state index >= 15 is 0 Å². The SMILES string of the molecule is CCOc1cc(Cl)ccc1-c1ccc(C(=O)O)c(COc2cccc(Br)c2)n1. The van der Waals surface area contributed by atoms with Crippen LogP contribution >= 0.6 is 27.5 Å². The number of hydrogen-bond donors (Lipinski definition) is 1. The van der Waals surface area contributed by atoms with Crippen molar-refractivity contribution in [3.63, 3.8) is 0 Å². The quantitative estimate of drug-likeness (QED) is 0.478. The summed E-state index contributed by atoms with van der Waals surface area (Å²) in [7, 11) is 0. The van der Waals surface area contributed by atoms with E-state index in [1.807, 2.05) is 19.1 Å². The Morgan fingerprint density at radius 1 is 1.14 bits per heavy atom. The molecule has 0 fully saturated rings. The van der Waals surface area contributed by atoms with Gasteiger partial charge in [0, 0.05) is 15.1 Å². The number of carbonyl (C=O) groups is 1. The summed E-state index contributed by atoms with van der Waals surface area (Å²) in [5, 5.41) is 10.0. The molecule has 3 rings (SSSR count). The zero-order valence-corrected chi connectivity index (χ0v) is 17.3. The molecule has 28 heavy (non-hydrogen) atoms. The fourth-order valence-electron chi connectivity index (χ4n) is 2.65. The van der Waals surface area contributed by atoms with Crippen LogP contribution in [0.5, 0.6) is 11.5 Å². The molecule has 0 saturated carbocycles. The first-order valence-corrected chi connectivity index (χ1v) is 9.69. The van der Waals surface area contributed by atoms with Crippen LogP contribution in [0.15, 0.2) is 59.1 Å². The van der Waals surface area contributed by atoms with Crippen molar-refractivity contribution in [3.8, 4) is 22.8 Å². The van der Waals surface area contributed by atoms with E-state index in [2.05, 4.69) is 20.9 Å². The van der Waals surface area contributed by atoms with Gasteiger partial charge in [0.15, 0.2) is 0 Å². The first-order valence-electron chi connectivity index (χ1n) is 8.52. The molecule has 0 radical (unpaired) electrons. The van der Waals surface area contributed by atoms with E-state index in [0.717, 1.165) is 10.0 Å². The highest BCUT2D eigenvalue weighted by Crippen LogP contribution is 2.32. The van der Waals surface area contributed by atoms with Gasteiger partial charge < -0.3 is 14.6 Å². The molecule has 0 aliphatic carbocycles. The fraction of sp³-hybridized carbons (Fsp3) is 0.143. The smallest absolute Gasteiger partial charge is 0.337 e. The van der Waals surface area contributed by atoms with Crippen LogP contribution in [0.2, 0.25) is 5.02 Å². The molecule has 0 aliphatic rings. The Labute approximate surface area is 176 Å². The standard InChI is InChI=1S/C21H17BrClNO4/c1-2-27-20-11-14(23)6-7-16(20)18-9-8-17(21(25)26)19(24-18)12-28-15-5-3-4-13(22)10-15/h3-11H,2,12H2,1H3,(H,25,26). The molecule has 0 aliphatic heterocycles. The number of carboxylic acid groups (broad SMARTS) is 1. The third-order valence-electron chi connectivity index (χ3n) is 3.90. The second-order valence-corrected chi connectivity index (χ2v) is 7.17. The Balaban J connectivity index is 1.97. The lowest BCUT2D eigenvalue weighted by Crippen LogP contribution is -2.09. The molecule has 5 nitrogen and oxygen atoms in total. The van der Waals surface area contributed by atoms with Crippen molar-refractivity contribution in [2.75, 3.05) is 6.61 Å². The lowest BCUT2D eigenvalue weighted by atomic mass is 10.1.